The van der Waals surface area contributed by atoms with Crippen LogP contribution in [0.3, 0.4) is 0 Å². The molecule has 42 heavy (non-hydrogen) atoms. The van der Waals surface area contributed by atoms with Crippen LogP contribution >= 0.6 is 0 Å². The number of hydrogen-bond acceptors (Lipinski definition) is 8. The Morgan fingerprint density at radius 3 is 2.52 bits per heavy atom. The van der Waals surface area contributed by atoms with E-state index in [0.717, 1.165) is 4.90 Å². The Morgan fingerprint density at radius 2 is 1.93 bits per heavy atom. The van der Waals surface area contributed by atoms with E-state index in [2.05, 4.69) is 25.6 Å². The number of halogens is 7. The molecule has 1 aliphatic carbocycles. The first kappa shape index (κ1) is 29.8. The quantitative estimate of drug-likeness (QED) is 0.331. The number of methoxy groups -OCH3 is 1. The van der Waals surface area contributed by atoms with Crippen molar-refractivity contribution in [2.75, 3.05) is 25.6 Å². The maximum absolute atomic E-state index is 13.9. The molecular weight excluding hydrogens is 581 g/mol. The normalized spacial score (nSPS) is 21.5. The highest BCUT2D eigenvalue weighted by Gasteiger charge is 2.48. The Labute approximate surface area is 233 Å². The van der Waals surface area contributed by atoms with Gasteiger partial charge in [-0.2, -0.15) is 27.1 Å². The summed E-state index contributed by atoms with van der Waals surface area (Å²) in [5.41, 5.74) is 0.875. The van der Waals surface area contributed by atoms with Gasteiger partial charge < -0.3 is 24.7 Å². The van der Waals surface area contributed by atoms with Gasteiger partial charge in [0.05, 0.1) is 43.3 Å². The Hall–Kier alpha value is -3.70. The van der Waals surface area contributed by atoms with Crippen molar-refractivity contribution >= 4 is 17.7 Å². The van der Waals surface area contributed by atoms with Crippen LogP contribution in [-0.4, -0.2) is 74.1 Å². The Balaban J connectivity index is 1.45. The number of fused-ring (bicyclic) bond motifs is 1. The molecule has 0 aromatic carbocycles. The van der Waals surface area contributed by atoms with E-state index in [9.17, 15) is 35.5 Å². The molecule has 230 valence electrons. The number of ether oxygens (including phenoxy) is 1. The second-order valence-corrected chi connectivity index (χ2v) is 10.5. The first-order valence-corrected chi connectivity index (χ1v) is 13.0. The third-order valence-electron chi connectivity index (χ3n) is 7.41. The zero-order chi connectivity index (χ0) is 30.4. The Bertz CT molecular complexity index is 1410. The summed E-state index contributed by atoms with van der Waals surface area (Å²) in [6, 6.07) is -3.54. The van der Waals surface area contributed by atoms with E-state index >= 15 is 0 Å². The van der Waals surface area contributed by atoms with Crippen LogP contribution in [0.4, 0.5) is 41.5 Å². The fourth-order valence-corrected chi connectivity index (χ4v) is 5.20. The fraction of sp³-hybridized carbons (Fsp3) is 0.625. The summed E-state index contributed by atoms with van der Waals surface area (Å²) in [6.45, 7) is -0.184. The number of imidazole rings is 1. The topological polar surface area (TPSA) is 123 Å². The molecule has 2 N–H and O–H groups in total. The SMILES string of the molecule is COC[C@H](c1cnn2cc([C@@H](Nc3nnc(C(C)(F)F)o3)C3CCC(F)(F)CC3)nc2c1)N1C[C@@H](C(F)(F)F)NC1=O. The average Bonchev–Trinajstić information content (AvgIpc) is 3.63. The average molecular weight is 609 g/mol. The number of nitrogens with one attached hydrogen (secondary N) is 2. The lowest BCUT2D eigenvalue weighted by atomic mass is 9.81. The number of anilines is 1. The molecule has 3 aromatic heterocycles. The maximum Gasteiger partial charge on any atom is 0.410 e. The summed E-state index contributed by atoms with van der Waals surface area (Å²) in [6.07, 6.45) is -2.38. The van der Waals surface area contributed by atoms with Gasteiger partial charge >= 0.3 is 24.1 Å². The predicted molar refractivity (Wildman–Crippen MR) is 130 cm³/mol. The van der Waals surface area contributed by atoms with Gasteiger partial charge in [0.25, 0.3) is 5.89 Å². The van der Waals surface area contributed by atoms with E-state index in [1.807, 2.05) is 5.32 Å². The molecular formula is C24H27F7N8O3. The fourth-order valence-electron chi connectivity index (χ4n) is 5.20. The highest BCUT2D eigenvalue weighted by molar-refractivity contribution is 5.77. The van der Waals surface area contributed by atoms with E-state index in [1.165, 1.54) is 30.1 Å². The Kier molecular flexibility index (Phi) is 7.69. The largest absolute Gasteiger partial charge is 0.410 e. The van der Waals surface area contributed by atoms with Crippen molar-refractivity contribution in [3.8, 4) is 0 Å². The van der Waals surface area contributed by atoms with E-state index in [0.29, 0.717) is 18.2 Å². The van der Waals surface area contributed by atoms with Crippen LogP contribution in [0.25, 0.3) is 5.65 Å². The van der Waals surface area contributed by atoms with E-state index in [4.69, 9.17) is 9.15 Å². The van der Waals surface area contributed by atoms with Gasteiger partial charge in [0, 0.05) is 32.4 Å². The van der Waals surface area contributed by atoms with Crippen molar-refractivity contribution < 1.29 is 44.7 Å². The molecule has 2 aliphatic rings. The van der Waals surface area contributed by atoms with Gasteiger partial charge in [-0.3, -0.25) is 0 Å². The molecule has 2 fully saturated rings. The first-order chi connectivity index (χ1) is 19.6. The van der Waals surface area contributed by atoms with Crippen LogP contribution in [0.1, 0.15) is 61.8 Å². The van der Waals surface area contributed by atoms with Crippen LogP contribution in [0, 0.1) is 5.92 Å². The van der Waals surface area contributed by atoms with Crippen LogP contribution in [0.5, 0.6) is 0 Å². The zero-order valence-electron chi connectivity index (χ0n) is 22.3. The van der Waals surface area contributed by atoms with Crippen LogP contribution in [-0.2, 0) is 10.7 Å². The van der Waals surface area contributed by atoms with Crippen molar-refractivity contribution in [3.05, 3.63) is 35.6 Å². The maximum atomic E-state index is 13.9. The lowest BCUT2D eigenvalue weighted by Crippen LogP contribution is -2.40. The monoisotopic (exact) mass is 608 g/mol. The van der Waals surface area contributed by atoms with Crippen LogP contribution < -0.4 is 10.6 Å². The van der Waals surface area contributed by atoms with Crippen LogP contribution in [0.2, 0.25) is 0 Å². The number of aromatic nitrogens is 5. The minimum Gasteiger partial charge on any atom is -0.402 e. The highest BCUT2D eigenvalue weighted by Crippen LogP contribution is 2.42. The summed E-state index contributed by atoms with van der Waals surface area (Å²) in [7, 11) is 1.34. The Morgan fingerprint density at radius 1 is 1.21 bits per heavy atom. The van der Waals surface area contributed by atoms with Crippen LogP contribution in [0.15, 0.2) is 22.9 Å². The molecule has 0 bridgehead atoms. The van der Waals surface area contributed by atoms with Gasteiger partial charge in [0.15, 0.2) is 5.65 Å². The summed E-state index contributed by atoms with van der Waals surface area (Å²) >= 11 is 0. The molecule has 18 heteroatoms. The molecule has 5 rings (SSSR count). The number of amides is 2. The highest BCUT2D eigenvalue weighted by atomic mass is 19.4. The smallest absolute Gasteiger partial charge is 0.402 e. The molecule has 2 amide bonds. The molecule has 3 atom stereocenters. The van der Waals surface area contributed by atoms with E-state index in [-0.39, 0.29) is 44.0 Å². The first-order valence-electron chi connectivity index (χ1n) is 13.0. The molecule has 1 saturated carbocycles. The number of alkyl halides is 7. The number of hydrogen-bond donors (Lipinski definition) is 2. The third kappa shape index (κ3) is 6.22. The van der Waals surface area contributed by atoms with Crippen molar-refractivity contribution in [1.29, 1.82) is 0 Å². The number of urea groups is 1. The standard InChI is InChI=1S/C24H27F7N8O3/c1-22(25,26)19-36-37-20(42-19)35-18(12-3-5-23(27,28)6-4-12)14-9-39-17(33-14)7-13(8-32-39)15(11-41-2)38-10-16(24(29,30)31)34-21(38)40/h7-9,12,15-16,18H,3-6,10-11H2,1-2H3,(H,34,40)(H,35,37)/t15-,16+,18+/m1/s1. The van der Waals surface area contributed by atoms with E-state index in [1.54, 1.807) is 0 Å². The third-order valence-corrected chi connectivity index (χ3v) is 7.41. The van der Waals surface area contributed by atoms with Gasteiger partial charge in [-0.1, -0.05) is 5.10 Å². The molecule has 0 spiro atoms. The van der Waals surface area contributed by atoms with Crippen molar-refractivity contribution in [2.45, 2.75) is 68.8 Å². The van der Waals surface area contributed by atoms with Gasteiger partial charge in [-0.25, -0.2) is 23.1 Å². The van der Waals surface area contributed by atoms with Crippen molar-refractivity contribution in [1.82, 2.24) is 35.0 Å². The van der Waals surface area contributed by atoms with Crippen molar-refractivity contribution in [3.63, 3.8) is 0 Å². The summed E-state index contributed by atoms with van der Waals surface area (Å²) < 4.78 is 107. The van der Waals surface area contributed by atoms with Crippen molar-refractivity contribution in [2.24, 2.45) is 5.92 Å². The molecule has 0 radical (unpaired) electrons. The molecule has 4 heterocycles. The van der Waals surface area contributed by atoms with E-state index < -0.39 is 60.5 Å². The number of carbonyl (C=O) groups excluding carboxylic acids is 1. The summed E-state index contributed by atoms with van der Waals surface area (Å²) in [5, 5.41) is 16.0. The van der Waals surface area contributed by atoms with Gasteiger partial charge in [-0.05, 0) is 24.8 Å². The van der Waals surface area contributed by atoms with Gasteiger partial charge in [-0.15, -0.1) is 5.10 Å². The summed E-state index contributed by atoms with van der Waals surface area (Å²) in [4.78, 5) is 18.0. The summed E-state index contributed by atoms with van der Waals surface area (Å²) in [5.74, 6) is -7.57. The number of nitrogens with zero attached hydrogens (tertiary/aromatic N) is 6. The number of carbonyl (C=O) groups is 1. The lowest BCUT2D eigenvalue weighted by molar-refractivity contribution is -0.150. The molecule has 11 nitrogen and oxygen atoms in total. The van der Waals surface area contributed by atoms with Gasteiger partial charge in [0.1, 0.15) is 6.04 Å². The van der Waals surface area contributed by atoms with Gasteiger partial charge in [0.2, 0.25) is 5.92 Å². The zero-order valence-corrected chi connectivity index (χ0v) is 22.3. The molecule has 1 saturated heterocycles. The molecule has 3 aromatic rings. The number of rotatable bonds is 9. The second kappa shape index (κ2) is 10.9. The molecule has 1 aliphatic heterocycles. The minimum absolute atomic E-state index is 0.0858. The predicted octanol–water partition coefficient (Wildman–Crippen LogP) is 4.85. The lowest BCUT2D eigenvalue weighted by Gasteiger charge is -2.33. The second-order valence-electron chi connectivity index (χ2n) is 10.5. The minimum atomic E-state index is -4.64. The molecule has 0 unspecified atom stereocenters.